The minimum Gasteiger partial charge on any atom is -0.489 e. The number of carbonyl (C=O) groups excluding carboxylic acids is 1. The predicted octanol–water partition coefficient (Wildman–Crippen LogP) is 1.51. The van der Waals surface area contributed by atoms with Crippen molar-refractivity contribution in [3.63, 3.8) is 0 Å². The van der Waals surface area contributed by atoms with Crippen molar-refractivity contribution in [2.24, 2.45) is 0 Å². The summed E-state index contributed by atoms with van der Waals surface area (Å²) in [6.45, 7) is 0. The molecule has 0 radical (unpaired) electrons. The SMILES string of the molecule is O=Cc1cccc2c1OC1C[C@H]3O[C@H]3C21. The number of ether oxygens (including phenoxy) is 2. The van der Waals surface area contributed by atoms with E-state index in [0.717, 1.165) is 24.0 Å². The molecule has 1 aromatic carbocycles. The average molecular weight is 202 g/mol. The molecule has 2 fully saturated rings. The number of aldehydes is 1. The molecular formula is C12H10O3. The molecule has 4 atom stereocenters. The number of benzene rings is 1. The first-order valence-electron chi connectivity index (χ1n) is 5.28. The summed E-state index contributed by atoms with van der Waals surface area (Å²) in [5.74, 6) is 1.15. The van der Waals surface area contributed by atoms with Gasteiger partial charge in [-0.2, -0.15) is 0 Å². The van der Waals surface area contributed by atoms with Crippen LogP contribution < -0.4 is 4.74 Å². The van der Waals surface area contributed by atoms with E-state index in [1.807, 2.05) is 6.07 Å². The largest absolute Gasteiger partial charge is 0.489 e. The Bertz CT molecular complexity index is 454. The highest BCUT2D eigenvalue weighted by Crippen LogP contribution is 2.56. The maximum absolute atomic E-state index is 10.9. The molecule has 3 heteroatoms. The summed E-state index contributed by atoms with van der Waals surface area (Å²) in [7, 11) is 0. The van der Waals surface area contributed by atoms with E-state index < -0.39 is 0 Å². The Balaban J connectivity index is 1.88. The molecule has 2 unspecified atom stereocenters. The zero-order valence-corrected chi connectivity index (χ0v) is 8.05. The molecule has 1 aliphatic carbocycles. The lowest BCUT2D eigenvalue weighted by Crippen LogP contribution is -2.17. The van der Waals surface area contributed by atoms with Crippen molar-refractivity contribution in [2.75, 3.05) is 0 Å². The van der Waals surface area contributed by atoms with Crippen LogP contribution >= 0.6 is 0 Å². The lowest BCUT2D eigenvalue weighted by atomic mass is 9.95. The maximum atomic E-state index is 10.9. The van der Waals surface area contributed by atoms with Crippen LogP contribution in [0.1, 0.15) is 28.3 Å². The molecule has 0 N–H and O–H groups in total. The Morgan fingerprint density at radius 2 is 2.27 bits per heavy atom. The third kappa shape index (κ3) is 0.868. The lowest BCUT2D eigenvalue weighted by Gasteiger charge is -2.10. The van der Waals surface area contributed by atoms with E-state index in [2.05, 4.69) is 6.07 Å². The topological polar surface area (TPSA) is 38.8 Å². The average Bonchev–Trinajstić information content (AvgIpc) is 2.77. The highest BCUT2D eigenvalue weighted by Gasteiger charge is 2.60. The van der Waals surface area contributed by atoms with Crippen molar-refractivity contribution in [3.05, 3.63) is 29.3 Å². The van der Waals surface area contributed by atoms with Crippen LogP contribution in [-0.4, -0.2) is 24.6 Å². The Morgan fingerprint density at radius 3 is 3.13 bits per heavy atom. The van der Waals surface area contributed by atoms with Gasteiger partial charge in [0.1, 0.15) is 11.9 Å². The second kappa shape index (κ2) is 2.42. The van der Waals surface area contributed by atoms with E-state index in [1.54, 1.807) is 6.07 Å². The molecule has 0 amide bonds. The van der Waals surface area contributed by atoms with Crippen molar-refractivity contribution in [2.45, 2.75) is 30.7 Å². The number of fused-ring (bicyclic) bond motifs is 5. The van der Waals surface area contributed by atoms with Crippen LogP contribution in [-0.2, 0) is 4.74 Å². The zero-order chi connectivity index (χ0) is 9.99. The van der Waals surface area contributed by atoms with Crippen LogP contribution in [0.4, 0.5) is 0 Å². The molecule has 2 aliphatic heterocycles. The molecule has 0 bridgehead atoms. The lowest BCUT2D eigenvalue weighted by molar-refractivity contribution is 0.111. The molecule has 15 heavy (non-hydrogen) atoms. The van der Waals surface area contributed by atoms with Crippen LogP contribution in [0.3, 0.4) is 0 Å². The first-order valence-corrected chi connectivity index (χ1v) is 5.28. The van der Waals surface area contributed by atoms with Gasteiger partial charge in [0.25, 0.3) is 0 Å². The fourth-order valence-electron chi connectivity index (χ4n) is 2.96. The van der Waals surface area contributed by atoms with Crippen LogP contribution in [0.25, 0.3) is 0 Å². The summed E-state index contributed by atoms with van der Waals surface area (Å²) in [5.41, 5.74) is 1.83. The summed E-state index contributed by atoms with van der Waals surface area (Å²) in [6.07, 6.45) is 2.84. The predicted molar refractivity (Wildman–Crippen MR) is 52.3 cm³/mol. The molecule has 1 saturated carbocycles. The number of hydrogen-bond donors (Lipinski definition) is 0. The van der Waals surface area contributed by atoms with Gasteiger partial charge >= 0.3 is 0 Å². The van der Waals surface area contributed by atoms with Crippen molar-refractivity contribution in [1.82, 2.24) is 0 Å². The van der Waals surface area contributed by atoms with E-state index >= 15 is 0 Å². The Labute approximate surface area is 87.0 Å². The van der Waals surface area contributed by atoms with Gasteiger partial charge in [-0.15, -0.1) is 0 Å². The van der Waals surface area contributed by atoms with Crippen molar-refractivity contribution >= 4 is 6.29 Å². The van der Waals surface area contributed by atoms with Gasteiger partial charge in [-0.05, 0) is 6.07 Å². The number of hydrogen-bond acceptors (Lipinski definition) is 3. The van der Waals surface area contributed by atoms with Crippen LogP contribution in [0, 0.1) is 0 Å². The van der Waals surface area contributed by atoms with Gasteiger partial charge in [-0.1, -0.05) is 12.1 Å². The van der Waals surface area contributed by atoms with Gasteiger partial charge in [0.05, 0.1) is 23.7 Å². The van der Waals surface area contributed by atoms with E-state index in [-0.39, 0.29) is 6.10 Å². The summed E-state index contributed by atoms with van der Waals surface area (Å²) in [6, 6.07) is 5.78. The third-order valence-electron chi connectivity index (χ3n) is 3.67. The highest BCUT2D eigenvalue weighted by molar-refractivity contribution is 5.81. The maximum Gasteiger partial charge on any atom is 0.153 e. The van der Waals surface area contributed by atoms with E-state index in [4.69, 9.17) is 9.47 Å². The summed E-state index contributed by atoms with van der Waals surface area (Å²) >= 11 is 0. The monoisotopic (exact) mass is 202 g/mol. The first kappa shape index (κ1) is 7.88. The van der Waals surface area contributed by atoms with Gasteiger partial charge in [0.15, 0.2) is 6.29 Å². The summed E-state index contributed by atoms with van der Waals surface area (Å²) in [4.78, 5) is 10.9. The molecule has 0 spiro atoms. The van der Waals surface area contributed by atoms with Gasteiger partial charge in [-0.3, -0.25) is 4.79 Å². The summed E-state index contributed by atoms with van der Waals surface area (Å²) < 4.78 is 11.4. The normalized spacial score (nSPS) is 38.9. The van der Waals surface area contributed by atoms with E-state index in [9.17, 15) is 4.79 Å². The number of rotatable bonds is 1. The minimum absolute atomic E-state index is 0.241. The number of para-hydroxylation sites is 1. The quantitative estimate of drug-likeness (QED) is 0.512. The van der Waals surface area contributed by atoms with Crippen molar-refractivity contribution in [1.29, 1.82) is 0 Å². The van der Waals surface area contributed by atoms with Crippen LogP contribution in [0.2, 0.25) is 0 Å². The second-order valence-electron chi connectivity index (χ2n) is 4.44. The fraction of sp³-hybridized carbons (Fsp3) is 0.417. The van der Waals surface area contributed by atoms with Crippen LogP contribution in [0.15, 0.2) is 18.2 Å². The number of carbonyl (C=O) groups is 1. The van der Waals surface area contributed by atoms with Crippen molar-refractivity contribution in [3.8, 4) is 5.75 Å². The molecule has 2 heterocycles. The Morgan fingerprint density at radius 1 is 1.33 bits per heavy atom. The van der Waals surface area contributed by atoms with Crippen LogP contribution in [0.5, 0.6) is 5.75 Å². The smallest absolute Gasteiger partial charge is 0.153 e. The van der Waals surface area contributed by atoms with Gasteiger partial charge < -0.3 is 9.47 Å². The van der Waals surface area contributed by atoms with E-state index in [1.165, 1.54) is 0 Å². The molecule has 4 rings (SSSR count). The molecule has 0 aromatic heterocycles. The Hall–Kier alpha value is -1.35. The van der Waals surface area contributed by atoms with Gasteiger partial charge in [0.2, 0.25) is 0 Å². The molecule has 1 saturated heterocycles. The van der Waals surface area contributed by atoms with Gasteiger partial charge in [-0.25, -0.2) is 0 Å². The molecule has 3 nitrogen and oxygen atoms in total. The molecule has 3 aliphatic rings. The second-order valence-corrected chi connectivity index (χ2v) is 4.44. The minimum atomic E-state index is 0.241. The molecule has 76 valence electrons. The fourth-order valence-corrected chi connectivity index (χ4v) is 2.96. The van der Waals surface area contributed by atoms with Gasteiger partial charge in [0, 0.05) is 12.0 Å². The Kier molecular flexibility index (Phi) is 1.27. The zero-order valence-electron chi connectivity index (χ0n) is 8.05. The van der Waals surface area contributed by atoms with Crippen molar-refractivity contribution < 1.29 is 14.3 Å². The third-order valence-corrected chi connectivity index (χ3v) is 3.67. The first-order chi connectivity index (χ1) is 7.38. The summed E-state index contributed by atoms with van der Waals surface area (Å²) in [5, 5.41) is 0. The standard InChI is InChI=1S/C12H10O3/c13-5-6-2-1-3-7-10-8(14-11(6)7)4-9-12(10)15-9/h1-3,5,8-10,12H,4H2/t8?,9-,10?,12-/m1/s1. The molecular weight excluding hydrogens is 192 g/mol. The number of epoxide rings is 1. The molecule has 1 aromatic rings. The van der Waals surface area contributed by atoms with E-state index in [0.29, 0.717) is 23.7 Å². The highest BCUT2D eigenvalue weighted by atomic mass is 16.6.